The van der Waals surface area contributed by atoms with Crippen molar-refractivity contribution < 1.29 is 9.47 Å². The molecule has 1 saturated carbocycles. The van der Waals surface area contributed by atoms with Crippen molar-refractivity contribution in [2.24, 2.45) is 5.92 Å². The molecular formula is C15H20ClNO2. The number of halogens is 1. The van der Waals surface area contributed by atoms with Gasteiger partial charge in [-0.05, 0) is 18.8 Å². The van der Waals surface area contributed by atoms with E-state index in [0.29, 0.717) is 5.02 Å². The summed E-state index contributed by atoms with van der Waals surface area (Å²) in [5.41, 5.74) is 0.954. The van der Waals surface area contributed by atoms with E-state index >= 15 is 0 Å². The van der Waals surface area contributed by atoms with Gasteiger partial charge in [-0.3, -0.25) is 0 Å². The molecule has 1 fully saturated rings. The summed E-state index contributed by atoms with van der Waals surface area (Å²) in [6.07, 6.45) is 8.16. The molecule has 2 aliphatic rings. The Balaban J connectivity index is 1.63. The van der Waals surface area contributed by atoms with Gasteiger partial charge in [0.2, 0.25) is 6.79 Å². The number of ether oxygens (including phenoxy) is 2. The lowest BCUT2D eigenvalue weighted by atomic mass is 10.0. The summed E-state index contributed by atoms with van der Waals surface area (Å²) in [5.74, 6) is 2.29. The smallest absolute Gasteiger partial charge is 0.231 e. The monoisotopic (exact) mass is 281 g/mol. The number of fused-ring (bicyclic) bond motifs is 1. The highest BCUT2D eigenvalue weighted by Crippen LogP contribution is 2.39. The molecule has 3 rings (SSSR count). The van der Waals surface area contributed by atoms with Crippen LogP contribution in [0.2, 0.25) is 5.02 Å². The van der Waals surface area contributed by atoms with Gasteiger partial charge in [0.25, 0.3) is 0 Å². The first-order chi connectivity index (χ1) is 9.33. The van der Waals surface area contributed by atoms with Crippen molar-refractivity contribution in [3.63, 3.8) is 0 Å². The van der Waals surface area contributed by atoms with Crippen molar-refractivity contribution in [2.45, 2.75) is 38.5 Å². The van der Waals surface area contributed by atoms with Crippen LogP contribution in [0, 0.1) is 5.92 Å². The molecule has 104 valence electrons. The molecule has 1 aromatic rings. The lowest BCUT2D eigenvalue weighted by Gasteiger charge is -2.16. The Morgan fingerprint density at radius 2 is 1.74 bits per heavy atom. The van der Waals surface area contributed by atoms with Crippen molar-refractivity contribution in [3.05, 3.63) is 17.2 Å². The maximum Gasteiger partial charge on any atom is 0.231 e. The fourth-order valence-corrected chi connectivity index (χ4v) is 3.10. The Labute approximate surface area is 119 Å². The third kappa shape index (κ3) is 3.08. The minimum absolute atomic E-state index is 0.289. The third-order valence-electron chi connectivity index (χ3n) is 4.02. The first kappa shape index (κ1) is 12.9. The minimum Gasteiger partial charge on any atom is -0.454 e. The highest BCUT2D eigenvalue weighted by atomic mass is 35.5. The number of benzene rings is 1. The Hall–Kier alpha value is -1.09. The van der Waals surface area contributed by atoms with E-state index in [1.807, 2.05) is 12.1 Å². The highest BCUT2D eigenvalue weighted by molar-refractivity contribution is 6.33. The van der Waals surface area contributed by atoms with Crippen molar-refractivity contribution >= 4 is 17.3 Å². The molecule has 1 heterocycles. The number of anilines is 1. The van der Waals surface area contributed by atoms with Crippen LogP contribution in [0.3, 0.4) is 0 Å². The molecule has 0 saturated heterocycles. The summed E-state index contributed by atoms with van der Waals surface area (Å²) >= 11 is 6.26. The Morgan fingerprint density at radius 3 is 2.47 bits per heavy atom. The molecule has 0 bridgehead atoms. The van der Waals surface area contributed by atoms with E-state index in [0.717, 1.165) is 29.6 Å². The van der Waals surface area contributed by atoms with Gasteiger partial charge in [-0.1, -0.05) is 37.3 Å². The van der Waals surface area contributed by atoms with Crippen LogP contribution in [0.25, 0.3) is 0 Å². The fraction of sp³-hybridized carbons (Fsp3) is 0.600. The normalized spacial score (nSPS) is 19.2. The molecule has 0 amide bonds. The maximum absolute atomic E-state index is 6.26. The zero-order valence-electron chi connectivity index (χ0n) is 11.1. The molecule has 0 aromatic heterocycles. The zero-order chi connectivity index (χ0) is 13.1. The number of hydrogen-bond donors (Lipinski definition) is 1. The molecular weight excluding hydrogens is 262 g/mol. The van der Waals surface area contributed by atoms with Gasteiger partial charge in [0.05, 0.1) is 10.7 Å². The van der Waals surface area contributed by atoms with Crippen LogP contribution in [0.5, 0.6) is 11.5 Å². The summed E-state index contributed by atoms with van der Waals surface area (Å²) < 4.78 is 10.7. The second kappa shape index (κ2) is 5.91. The molecule has 0 radical (unpaired) electrons. The van der Waals surface area contributed by atoms with Gasteiger partial charge in [0.15, 0.2) is 11.5 Å². The summed E-state index contributed by atoms with van der Waals surface area (Å²) in [7, 11) is 0. The van der Waals surface area contributed by atoms with E-state index in [-0.39, 0.29) is 6.79 Å². The number of hydrogen-bond acceptors (Lipinski definition) is 3. The minimum atomic E-state index is 0.289. The highest BCUT2D eigenvalue weighted by Gasteiger charge is 2.17. The Bertz CT molecular complexity index is 442. The summed E-state index contributed by atoms with van der Waals surface area (Å²) in [5, 5.41) is 4.18. The topological polar surface area (TPSA) is 30.5 Å². The molecule has 0 atom stereocenters. The van der Waals surface area contributed by atoms with Gasteiger partial charge >= 0.3 is 0 Å². The SMILES string of the molecule is Clc1cc2c(cc1NCC1CCCCCC1)OCO2. The van der Waals surface area contributed by atoms with Crippen molar-refractivity contribution in [1.82, 2.24) is 0 Å². The van der Waals surface area contributed by atoms with Crippen molar-refractivity contribution in [3.8, 4) is 11.5 Å². The van der Waals surface area contributed by atoms with Crippen LogP contribution in [-0.4, -0.2) is 13.3 Å². The maximum atomic E-state index is 6.26. The van der Waals surface area contributed by atoms with Gasteiger partial charge in [-0.25, -0.2) is 0 Å². The standard InChI is InChI=1S/C15H20ClNO2/c16-12-7-14-15(19-10-18-14)8-13(12)17-9-11-5-3-1-2-4-6-11/h7-8,11,17H,1-6,9-10H2. The second-order valence-electron chi connectivity index (χ2n) is 5.42. The molecule has 0 spiro atoms. The van der Waals surface area contributed by atoms with Crippen LogP contribution in [0.1, 0.15) is 38.5 Å². The van der Waals surface area contributed by atoms with Gasteiger partial charge in [0, 0.05) is 18.7 Å². The van der Waals surface area contributed by atoms with Crippen LogP contribution < -0.4 is 14.8 Å². The molecule has 1 aliphatic heterocycles. The van der Waals surface area contributed by atoms with Crippen molar-refractivity contribution in [1.29, 1.82) is 0 Å². The van der Waals surface area contributed by atoms with Gasteiger partial charge in [-0.2, -0.15) is 0 Å². The van der Waals surface area contributed by atoms with E-state index in [2.05, 4.69) is 5.32 Å². The molecule has 1 aliphatic carbocycles. The first-order valence-corrected chi connectivity index (χ1v) is 7.54. The van der Waals surface area contributed by atoms with Crippen LogP contribution in [0.15, 0.2) is 12.1 Å². The largest absolute Gasteiger partial charge is 0.454 e. The molecule has 1 N–H and O–H groups in total. The Morgan fingerprint density at radius 1 is 1.05 bits per heavy atom. The fourth-order valence-electron chi connectivity index (χ4n) is 2.87. The summed E-state index contributed by atoms with van der Waals surface area (Å²) in [6.45, 7) is 1.29. The lowest BCUT2D eigenvalue weighted by Crippen LogP contribution is -2.13. The van der Waals surface area contributed by atoms with E-state index in [1.54, 1.807) is 0 Å². The van der Waals surface area contributed by atoms with Crippen LogP contribution >= 0.6 is 11.6 Å². The van der Waals surface area contributed by atoms with Crippen LogP contribution in [-0.2, 0) is 0 Å². The summed E-state index contributed by atoms with van der Waals surface area (Å²) in [4.78, 5) is 0. The van der Waals surface area contributed by atoms with Crippen molar-refractivity contribution in [2.75, 3.05) is 18.7 Å². The molecule has 1 aromatic carbocycles. The van der Waals surface area contributed by atoms with E-state index in [4.69, 9.17) is 21.1 Å². The zero-order valence-corrected chi connectivity index (χ0v) is 11.8. The number of rotatable bonds is 3. The lowest BCUT2D eigenvalue weighted by molar-refractivity contribution is 0.174. The predicted molar refractivity (Wildman–Crippen MR) is 77.3 cm³/mol. The predicted octanol–water partition coefficient (Wildman–Crippen LogP) is 4.45. The van der Waals surface area contributed by atoms with Crippen LogP contribution in [0.4, 0.5) is 5.69 Å². The average molecular weight is 282 g/mol. The van der Waals surface area contributed by atoms with Gasteiger partial charge in [0.1, 0.15) is 0 Å². The Kier molecular flexibility index (Phi) is 4.02. The quantitative estimate of drug-likeness (QED) is 0.830. The third-order valence-corrected chi connectivity index (χ3v) is 4.33. The summed E-state index contributed by atoms with van der Waals surface area (Å²) in [6, 6.07) is 3.78. The first-order valence-electron chi connectivity index (χ1n) is 7.16. The van der Waals surface area contributed by atoms with E-state index in [1.165, 1.54) is 38.5 Å². The van der Waals surface area contributed by atoms with Gasteiger partial charge < -0.3 is 14.8 Å². The van der Waals surface area contributed by atoms with Gasteiger partial charge in [-0.15, -0.1) is 0 Å². The molecule has 0 unspecified atom stereocenters. The molecule has 19 heavy (non-hydrogen) atoms. The van der Waals surface area contributed by atoms with E-state index < -0.39 is 0 Å². The second-order valence-corrected chi connectivity index (χ2v) is 5.83. The molecule has 3 nitrogen and oxygen atoms in total. The number of nitrogens with one attached hydrogen (secondary N) is 1. The van der Waals surface area contributed by atoms with E-state index in [9.17, 15) is 0 Å². The molecule has 4 heteroatoms. The average Bonchev–Trinajstić information content (AvgIpc) is 2.70.